The van der Waals surface area contributed by atoms with Crippen LogP contribution in [0.4, 0.5) is 5.69 Å². The van der Waals surface area contributed by atoms with E-state index < -0.39 is 0 Å². The summed E-state index contributed by atoms with van der Waals surface area (Å²) in [6.07, 6.45) is 3.23. The first-order chi connectivity index (χ1) is 8.31. The molecule has 0 aromatic carbocycles. The Morgan fingerprint density at radius 3 is 2.76 bits per heavy atom. The SMILES string of the molecule is CCN1CC2CC1CN2c1ccc(OC)nc1. The van der Waals surface area contributed by atoms with Gasteiger partial charge in [-0.1, -0.05) is 6.92 Å². The maximum atomic E-state index is 5.09. The second-order valence-electron chi connectivity index (χ2n) is 4.84. The quantitative estimate of drug-likeness (QED) is 0.788. The normalized spacial score (nSPS) is 27.8. The van der Waals surface area contributed by atoms with E-state index in [1.807, 2.05) is 12.3 Å². The molecule has 2 aliphatic rings. The van der Waals surface area contributed by atoms with Gasteiger partial charge in [-0.15, -0.1) is 0 Å². The van der Waals surface area contributed by atoms with E-state index in [4.69, 9.17) is 4.74 Å². The third-order valence-electron chi connectivity index (χ3n) is 4.02. The van der Waals surface area contributed by atoms with Gasteiger partial charge in [0.05, 0.1) is 19.0 Å². The predicted molar refractivity (Wildman–Crippen MR) is 67.6 cm³/mol. The van der Waals surface area contributed by atoms with Gasteiger partial charge in [0.1, 0.15) is 0 Å². The van der Waals surface area contributed by atoms with Crippen molar-refractivity contribution in [1.29, 1.82) is 0 Å². The van der Waals surface area contributed by atoms with Gasteiger partial charge in [-0.3, -0.25) is 4.90 Å². The van der Waals surface area contributed by atoms with E-state index in [0.29, 0.717) is 11.9 Å². The van der Waals surface area contributed by atoms with Crippen LogP contribution in [-0.4, -0.2) is 48.7 Å². The molecule has 1 aromatic heterocycles. The van der Waals surface area contributed by atoms with Crippen molar-refractivity contribution in [3.05, 3.63) is 18.3 Å². The molecule has 2 saturated heterocycles. The van der Waals surface area contributed by atoms with Crippen LogP contribution in [0.15, 0.2) is 18.3 Å². The number of nitrogens with zero attached hydrogens (tertiary/aromatic N) is 3. The molecule has 4 nitrogen and oxygen atoms in total. The summed E-state index contributed by atoms with van der Waals surface area (Å²) < 4.78 is 5.09. The Labute approximate surface area is 102 Å². The van der Waals surface area contributed by atoms with Crippen LogP contribution in [-0.2, 0) is 0 Å². The average molecular weight is 233 g/mol. The number of piperazine rings is 1. The summed E-state index contributed by atoms with van der Waals surface area (Å²) in [5.41, 5.74) is 1.23. The summed E-state index contributed by atoms with van der Waals surface area (Å²) >= 11 is 0. The molecule has 2 aliphatic heterocycles. The predicted octanol–water partition coefficient (Wildman–Crippen LogP) is 1.37. The third kappa shape index (κ3) is 1.76. The number of pyridine rings is 1. The molecule has 2 fully saturated rings. The highest BCUT2D eigenvalue weighted by Gasteiger charge is 2.42. The molecule has 4 heteroatoms. The van der Waals surface area contributed by atoms with Crippen LogP contribution in [0.25, 0.3) is 0 Å². The summed E-state index contributed by atoms with van der Waals surface area (Å²) in [4.78, 5) is 9.36. The van der Waals surface area contributed by atoms with E-state index in [1.165, 1.54) is 25.2 Å². The average Bonchev–Trinajstić information content (AvgIpc) is 2.98. The number of fused-ring (bicyclic) bond motifs is 2. The summed E-state index contributed by atoms with van der Waals surface area (Å²) in [5, 5.41) is 0. The number of methoxy groups -OCH3 is 1. The van der Waals surface area contributed by atoms with Crippen LogP contribution >= 0.6 is 0 Å². The Bertz CT molecular complexity index is 392. The Kier molecular flexibility index (Phi) is 2.67. The second-order valence-corrected chi connectivity index (χ2v) is 4.84. The van der Waals surface area contributed by atoms with E-state index in [-0.39, 0.29) is 0 Å². The van der Waals surface area contributed by atoms with E-state index in [2.05, 4.69) is 27.8 Å². The first-order valence-corrected chi connectivity index (χ1v) is 6.32. The van der Waals surface area contributed by atoms with Gasteiger partial charge in [0.2, 0.25) is 5.88 Å². The van der Waals surface area contributed by atoms with Crippen LogP contribution in [0.2, 0.25) is 0 Å². The van der Waals surface area contributed by atoms with E-state index >= 15 is 0 Å². The molecule has 0 amide bonds. The minimum absolute atomic E-state index is 0.676. The molecule has 92 valence electrons. The molecule has 17 heavy (non-hydrogen) atoms. The third-order valence-corrected chi connectivity index (χ3v) is 4.02. The summed E-state index contributed by atoms with van der Waals surface area (Å²) in [5.74, 6) is 0.688. The summed E-state index contributed by atoms with van der Waals surface area (Å²) in [6, 6.07) is 5.48. The second kappa shape index (κ2) is 4.18. The number of hydrogen-bond donors (Lipinski definition) is 0. The van der Waals surface area contributed by atoms with Gasteiger partial charge < -0.3 is 9.64 Å². The standard InChI is InChI=1S/C13H19N3O/c1-3-15-8-12-6-11(15)9-16(12)10-4-5-13(17-2)14-7-10/h4-5,7,11-12H,3,6,8-9H2,1-2H3. The van der Waals surface area contributed by atoms with Crippen LogP contribution in [0, 0.1) is 0 Å². The summed E-state index contributed by atoms with van der Waals surface area (Å²) in [7, 11) is 1.65. The molecule has 3 heterocycles. The largest absolute Gasteiger partial charge is 0.481 e. The van der Waals surface area contributed by atoms with Gasteiger partial charge in [-0.25, -0.2) is 4.98 Å². The number of likely N-dealkylation sites (tertiary alicyclic amines) is 1. The van der Waals surface area contributed by atoms with Gasteiger partial charge in [-0.05, 0) is 19.0 Å². The lowest BCUT2D eigenvalue weighted by Gasteiger charge is -2.34. The smallest absolute Gasteiger partial charge is 0.213 e. The van der Waals surface area contributed by atoms with Crippen molar-refractivity contribution in [3.63, 3.8) is 0 Å². The van der Waals surface area contributed by atoms with Gasteiger partial charge >= 0.3 is 0 Å². The Hall–Kier alpha value is -1.29. The highest BCUT2D eigenvalue weighted by Crippen LogP contribution is 2.34. The number of likely N-dealkylation sites (N-methyl/N-ethyl adjacent to an activating group) is 1. The first kappa shape index (κ1) is 10.8. The lowest BCUT2D eigenvalue weighted by Crippen LogP contribution is -2.46. The minimum Gasteiger partial charge on any atom is -0.481 e. The van der Waals surface area contributed by atoms with Gasteiger partial charge in [0, 0.05) is 31.2 Å². The van der Waals surface area contributed by atoms with E-state index in [1.54, 1.807) is 7.11 Å². The van der Waals surface area contributed by atoms with Crippen LogP contribution in [0.3, 0.4) is 0 Å². The molecule has 0 spiro atoms. The van der Waals surface area contributed by atoms with Crippen molar-refractivity contribution >= 4 is 5.69 Å². The maximum absolute atomic E-state index is 5.09. The Balaban J connectivity index is 1.74. The lowest BCUT2D eigenvalue weighted by molar-refractivity contribution is 0.251. The van der Waals surface area contributed by atoms with Crippen molar-refractivity contribution in [2.45, 2.75) is 25.4 Å². The van der Waals surface area contributed by atoms with Crippen LogP contribution in [0.1, 0.15) is 13.3 Å². The first-order valence-electron chi connectivity index (χ1n) is 6.32. The molecule has 0 saturated carbocycles. The van der Waals surface area contributed by atoms with Gasteiger partial charge in [-0.2, -0.15) is 0 Å². The molecule has 1 aromatic rings. The van der Waals surface area contributed by atoms with E-state index in [9.17, 15) is 0 Å². The molecule has 2 unspecified atom stereocenters. The fourth-order valence-corrected chi connectivity index (χ4v) is 3.12. The van der Waals surface area contributed by atoms with Crippen LogP contribution < -0.4 is 9.64 Å². The molecule has 0 radical (unpaired) electrons. The van der Waals surface area contributed by atoms with Crippen molar-refractivity contribution < 1.29 is 4.74 Å². The zero-order chi connectivity index (χ0) is 11.8. The van der Waals surface area contributed by atoms with Crippen molar-refractivity contribution in [2.24, 2.45) is 0 Å². The molecule has 2 bridgehead atoms. The number of hydrogen-bond acceptors (Lipinski definition) is 4. The Morgan fingerprint density at radius 2 is 2.24 bits per heavy atom. The zero-order valence-corrected chi connectivity index (χ0v) is 10.5. The molecule has 3 rings (SSSR count). The van der Waals surface area contributed by atoms with Crippen molar-refractivity contribution in [2.75, 3.05) is 31.6 Å². The van der Waals surface area contributed by atoms with Gasteiger partial charge in [0.25, 0.3) is 0 Å². The molecular weight excluding hydrogens is 214 g/mol. The number of aromatic nitrogens is 1. The highest BCUT2D eigenvalue weighted by molar-refractivity contribution is 5.49. The number of rotatable bonds is 3. The monoisotopic (exact) mass is 233 g/mol. The Morgan fingerprint density at radius 1 is 1.35 bits per heavy atom. The molecule has 0 aliphatic carbocycles. The maximum Gasteiger partial charge on any atom is 0.213 e. The number of anilines is 1. The molecular formula is C13H19N3O. The van der Waals surface area contributed by atoms with E-state index in [0.717, 1.165) is 12.6 Å². The van der Waals surface area contributed by atoms with Crippen LogP contribution in [0.5, 0.6) is 5.88 Å². The minimum atomic E-state index is 0.676. The van der Waals surface area contributed by atoms with Crippen molar-refractivity contribution in [1.82, 2.24) is 9.88 Å². The molecule has 0 N–H and O–H groups in total. The lowest BCUT2D eigenvalue weighted by atomic mass is 10.2. The zero-order valence-electron chi connectivity index (χ0n) is 10.5. The molecule has 2 atom stereocenters. The topological polar surface area (TPSA) is 28.6 Å². The number of ether oxygens (including phenoxy) is 1. The van der Waals surface area contributed by atoms with Crippen molar-refractivity contribution in [3.8, 4) is 5.88 Å². The fourth-order valence-electron chi connectivity index (χ4n) is 3.12. The fraction of sp³-hybridized carbons (Fsp3) is 0.615. The van der Waals surface area contributed by atoms with Gasteiger partial charge in [0.15, 0.2) is 0 Å². The summed E-state index contributed by atoms with van der Waals surface area (Å²) in [6.45, 7) is 5.77. The highest BCUT2D eigenvalue weighted by atomic mass is 16.5.